The minimum atomic E-state index is -0.518. The highest BCUT2D eigenvalue weighted by atomic mass is 35.5. The largest absolute Gasteiger partial charge is 0.456 e. The Bertz CT molecular complexity index is 719. The molecule has 7 nitrogen and oxygen atoms in total. The van der Waals surface area contributed by atoms with E-state index in [9.17, 15) is 10.1 Å². The number of aromatic nitrogens is 1. The van der Waals surface area contributed by atoms with Crippen molar-refractivity contribution in [1.82, 2.24) is 9.88 Å². The van der Waals surface area contributed by atoms with Crippen molar-refractivity contribution in [2.75, 3.05) is 14.1 Å². The molecule has 0 radical (unpaired) electrons. The van der Waals surface area contributed by atoms with Gasteiger partial charge in [0.05, 0.1) is 16.3 Å². The summed E-state index contributed by atoms with van der Waals surface area (Å²) in [5, 5.41) is 10.8. The predicted octanol–water partition coefficient (Wildman–Crippen LogP) is 3.66. The first kappa shape index (κ1) is 15.7. The lowest BCUT2D eigenvalue weighted by atomic mass is 10.3. The van der Waals surface area contributed by atoms with Crippen molar-refractivity contribution in [3.05, 3.63) is 51.7 Å². The van der Waals surface area contributed by atoms with E-state index in [2.05, 4.69) is 9.98 Å². The number of pyridine rings is 1. The fraction of sp³-hybridized carbons (Fsp3) is 0.143. The van der Waals surface area contributed by atoms with Gasteiger partial charge in [-0.1, -0.05) is 11.6 Å². The molecule has 8 heteroatoms. The van der Waals surface area contributed by atoms with Gasteiger partial charge in [-0.05, 0) is 12.1 Å². The quantitative estimate of drug-likeness (QED) is 0.363. The standard InChI is InChI=1S/C14H13ClN4O3/c1-18(2)9-17-14-8-11(5-6-16-14)22-13-4-3-10(19(20)21)7-12(13)15/h3-9H,1-2H3. The van der Waals surface area contributed by atoms with E-state index < -0.39 is 4.92 Å². The first-order chi connectivity index (χ1) is 10.5. The zero-order valence-corrected chi connectivity index (χ0v) is 12.7. The van der Waals surface area contributed by atoms with Gasteiger partial charge in [-0.2, -0.15) is 0 Å². The summed E-state index contributed by atoms with van der Waals surface area (Å²) in [5.74, 6) is 1.28. The summed E-state index contributed by atoms with van der Waals surface area (Å²) < 4.78 is 5.61. The summed E-state index contributed by atoms with van der Waals surface area (Å²) in [6, 6.07) is 7.30. The van der Waals surface area contributed by atoms with Crippen molar-refractivity contribution in [2.24, 2.45) is 4.99 Å². The number of nitro groups is 1. The Hall–Kier alpha value is -2.67. The lowest BCUT2D eigenvalue weighted by Crippen LogP contribution is -2.07. The summed E-state index contributed by atoms with van der Waals surface area (Å²) in [4.78, 5) is 20.2. The van der Waals surface area contributed by atoms with Crippen LogP contribution in [0, 0.1) is 10.1 Å². The molecule has 1 aromatic carbocycles. The van der Waals surface area contributed by atoms with Crippen LogP contribution in [0.5, 0.6) is 11.5 Å². The highest BCUT2D eigenvalue weighted by Crippen LogP contribution is 2.32. The topological polar surface area (TPSA) is 80.9 Å². The number of nitro benzene ring substituents is 1. The van der Waals surface area contributed by atoms with Crippen LogP contribution in [-0.4, -0.2) is 35.2 Å². The monoisotopic (exact) mass is 320 g/mol. The molecule has 0 fully saturated rings. The molecule has 22 heavy (non-hydrogen) atoms. The average Bonchev–Trinajstić information content (AvgIpc) is 2.47. The van der Waals surface area contributed by atoms with Crippen LogP contribution in [0.4, 0.5) is 11.5 Å². The summed E-state index contributed by atoms with van der Waals surface area (Å²) in [7, 11) is 3.70. The number of rotatable bonds is 5. The van der Waals surface area contributed by atoms with Gasteiger partial charge in [0.1, 0.15) is 11.5 Å². The first-order valence-electron chi connectivity index (χ1n) is 6.24. The number of benzene rings is 1. The second-order valence-electron chi connectivity index (χ2n) is 4.53. The summed E-state index contributed by atoms with van der Waals surface area (Å²) in [5.41, 5.74) is -0.0941. The van der Waals surface area contributed by atoms with Crippen molar-refractivity contribution >= 4 is 29.4 Å². The van der Waals surface area contributed by atoms with Crippen LogP contribution in [0.2, 0.25) is 5.02 Å². The number of ether oxygens (including phenoxy) is 1. The molecule has 0 aliphatic carbocycles. The van der Waals surface area contributed by atoms with Crippen LogP contribution in [0.3, 0.4) is 0 Å². The molecule has 0 bridgehead atoms. The van der Waals surface area contributed by atoms with Gasteiger partial charge in [-0.25, -0.2) is 9.98 Å². The summed E-state index contributed by atoms with van der Waals surface area (Å²) >= 11 is 5.98. The molecule has 2 aromatic rings. The maximum atomic E-state index is 10.7. The Labute approximate surface area is 132 Å². The molecule has 1 heterocycles. The molecule has 0 aliphatic heterocycles. The maximum Gasteiger partial charge on any atom is 0.271 e. The van der Waals surface area contributed by atoms with Crippen LogP contribution < -0.4 is 4.74 Å². The zero-order chi connectivity index (χ0) is 16.1. The predicted molar refractivity (Wildman–Crippen MR) is 84.3 cm³/mol. The molecule has 0 amide bonds. The lowest BCUT2D eigenvalue weighted by Gasteiger charge is -2.08. The van der Waals surface area contributed by atoms with Gasteiger partial charge in [0.15, 0.2) is 5.82 Å². The minimum absolute atomic E-state index is 0.0941. The van der Waals surface area contributed by atoms with Gasteiger partial charge in [0, 0.05) is 38.5 Å². The molecule has 0 spiro atoms. The molecule has 0 unspecified atom stereocenters. The second kappa shape index (κ2) is 6.86. The number of aliphatic imine (C=N–C) groups is 1. The van der Waals surface area contributed by atoms with Crippen LogP contribution in [0.15, 0.2) is 41.5 Å². The van der Waals surface area contributed by atoms with E-state index in [-0.39, 0.29) is 10.7 Å². The molecule has 114 valence electrons. The number of nitrogens with zero attached hydrogens (tertiary/aromatic N) is 4. The van der Waals surface area contributed by atoms with Gasteiger partial charge in [-0.15, -0.1) is 0 Å². The van der Waals surface area contributed by atoms with Crippen molar-refractivity contribution in [3.8, 4) is 11.5 Å². The van der Waals surface area contributed by atoms with Crippen LogP contribution in [-0.2, 0) is 0 Å². The Kier molecular flexibility index (Phi) is 4.90. The van der Waals surface area contributed by atoms with Gasteiger partial charge in [-0.3, -0.25) is 10.1 Å². The van der Waals surface area contributed by atoms with E-state index in [0.717, 1.165) is 0 Å². The normalized spacial score (nSPS) is 10.7. The molecular weight excluding hydrogens is 308 g/mol. The van der Waals surface area contributed by atoms with Gasteiger partial charge in [0.25, 0.3) is 5.69 Å². The molecule has 1 aromatic heterocycles. The molecule has 2 rings (SSSR count). The van der Waals surface area contributed by atoms with Crippen molar-refractivity contribution in [1.29, 1.82) is 0 Å². The van der Waals surface area contributed by atoms with Crippen molar-refractivity contribution in [2.45, 2.75) is 0 Å². The highest BCUT2D eigenvalue weighted by Gasteiger charge is 2.11. The van der Waals surface area contributed by atoms with Crippen molar-refractivity contribution in [3.63, 3.8) is 0 Å². The number of hydrogen-bond acceptors (Lipinski definition) is 5. The van der Waals surface area contributed by atoms with E-state index in [1.165, 1.54) is 18.2 Å². The smallest absolute Gasteiger partial charge is 0.271 e. The molecular formula is C14H13ClN4O3. The fourth-order valence-corrected chi connectivity index (χ4v) is 1.73. The van der Waals surface area contributed by atoms with E-state index in [1.54, 1.807) is 29.6 Å². The maximum absolute atomic E-state index is 10.7. The molecule has 0 N–H and O–H groups in total. The summed E-state index contributed by atoms with van der Waals surface area (Å²) in [6.45, 7) is 0. The van der Waals surface area contributed by atoms with E-state index in [1.807, 2.05) is 14.1 Å². The van der Waals surface area contributed by atoms with E-state index >= 15 is 0 Å². The Morgan fingerprint density at radius 2 is 2.14 bits per heavy atom. The second-order valence-corrected chi connectivity index (χ2v) is 4.94. The fourth-order valence-electron chi connectivity index (χ4n) is 1.52. The first-order valence-corrected chi connectivity index (χ1v) is 6.62. The summed E-state index contributed by atoms with van der Waals surface area (Å²) in [6.07, 6.45) is 3.17. The molecule has 0 saturated carbocycles. The van der Waals surface area contributed by atoms with Crippen molar-refractivity contribution < 1.29 is 9.66 Å². The van der Waals surface area contributed by atoms with Gasteiger partial charge in [0.2, 0.25) is 0 Å². The zero-order valence-electron chi connectivity index (χ0n) is 11.9. The third-order valence-corrected chi connectivity index (χ3v) is 2.79. The van der Waals surface area contributed by atoms with E-state index in [4.69, 9.17) is 16.3 Å². The highest BCUT2D eigenvalue weighted by molar-refractivity contribution is 6.32. The van der Waals surface area contributed by atoms with Crippen LogP contribution >= 0.6 is 11.6 Å². The number of halogens is 1. The van der Waals surface area contributed by atoms with Crippen LogP contribution in [0.1, 0.15) is 0 Å². The number of hydrogen-bond donors (Lipinski definition) is 0. The Morgan fingerprint density at radius 3 is 2.77 bits per heavy atom. The molecule has 0 atom stereocenters. The SMILES string of the molecule is CN(C)C=Nc1cc(Oc2ccc([N+](=O)[O-])cc2Cl)ccn1. The third-order valence-electron chi connectivity index (χ3n) is 2.49. The molecule has 0 saturated heterocycles. The molecule has 0 aliphatic rings. The van der Waals surface area contributed by atoms with Crippen LogP contribution in [0.25, 0.3) is 0 Å². The van der Waals surface area contributed by atoms with Gasteiger partial charge >= 0.3 is 0 Å². The number of non-ortho nitro benzene ring substituents is 1. The minimum Gasteiger partial charge on any atom is -0.456 e. The third kappa shape index (κ3) is 4.16. The Balaban J connectivity index is 2.20. The van der Waals surface area contributed by atoms with Gasteiger partial charge < -0.3 is 9.64 Å². The Morgan fingerprint density at radius 1 is 1.36 bits per heavy atom. The lowest BCUT2D eigenvalue weighted by molar-refractivity contribution is -0.384. The average molecular weight is 321 g/mol. The van der Waals surface area contributed by atoms with E-state index in [0.29, 0.717) is 17.3 Å².